The molecule has 0 aliphatic heterocycles. The Bertz CT molecular complexity index is 222. The summed E-state index contributed by atoms with van der Waals surface area (Å²) in [5, 5.41) is 0. The third-order valence-electron chi connectivity index (χ3n) is 4.45. The van der Waals surface area contributed by atoms with Crippen LogP contribution < -0.4 is 0 Å². The van der Waals surface area contributed by atoms with Crippen molar-refractivity contribution < 1.29 is 8.78 Å². The lowest BCUT2D eigenvalue weighted by atomic mass is 9.42. The zero-order chi connectivity index (χ0) is 11.2. The third kappa shape index (κ3) is 1.09. The molecule has 3 fully saturated rings. The maximum Gasteiger partial charge on any atom is 0.124 e. The topological polar surface area (TPSA) is 0 Å². The van der Waals surface area contributed by atoms with Crippen molar-refractivity contribution >= 4 is 0 Å². The first-order valence-electron chi connectivity index (χ1n) is 5.71. The molecule has 0 saturated heterocycles. The maximum absolute atomic E-state index is 14.1. The largest absolute Gasteiger partial charge is 0.243 e. The summed E-state index contributed by atoms with van der Waals surface area (Å²) in [6.07, 6.45) is 1.39. The molecule has 84 valence electrons. The molecule has 0 aromatic heterocycles. The van der Waals surface area contributed by atoms with Gasteiger partial charge in [0.15, 0.2) is 0 Å². The Hall–Kier alpha value is -0.140. The monoisotopic (exact) mass is 204 g/mol. The van der Waals surface area contributed by atoms with Crippen molar-refractivity contribution in [2.75, 3.05) is 0 Å². The minimum absolute atomic E-state index is 0.0325. The van der Waals surface area contributed by atoms with Gasteiger partial charge in [-0.1, -0.05) is 34.6 Å². The van der Waals surface area contributed by atoms with Gasteiger partial charge in [-0.25, -0.2) is 8.78 Å². The quantitative estimate of drug-likeness (QED) is 0.552. The van der Waals surface area contributed by atoms with E-state index in [9.17, 15) is 8.78 Å². The van der Waals surface area contributed by atoms with Crippen molar-refractivity contribution in [2.24, 2.45) is 11.3 Å². The van der Waals surface area contributed by atoms with Crippen molar-refractivity contribution in [3.8, 4) is 0 Å². The molecular weight excluding hydrogens is 182 g/mol. The molecule has 0 aromatic carbocycles. The van der Waals surface area contributed by atoms with Crippen molar-refractivity contribution in [1.82, 2.24) is 0 Å². The summed E-state index contributed by atoms with van der Waals surface area (Å²) in [7, 11) is 0. The number of alkyl halides is 2. The zero-order valence-corrected chi connectivity index (χ0v) is 9.95. The Labute approximate surface area is 86.1 Å². The van der Waals surface area contributed by atoms with Gasteiger partial charge in [0.25, 0.3) is 0 Å². The second-order valence-electron chi connectivity index (χ2n) is 5.07. The highest BCUT2D eigenvalue weighted by Gasteiger charge is 2.75. The molecule has 2 heteroatoms. The van der Waals surface area contributed by atoms with Crippen LogP contribution in [0.15, 0.2) is 0 Å². The van der Waals surface area contributed by atoms with E-state index < -0.39 is 16.8 Å². The highest BCUT2D eigenvalue weighted by Crippen LogP contribution is 2.69. The fourth-order valence-corrected chi connectivity index (χ4v) is 2.98. The average Bonchev–Trinajstić information content (AvgIpc) is 2.15. The van der Waals surface area contributed by atoms with E-state index >= 15 is 0 Å². The van der Waals surface area contributed by atoms with Crippen LogP contribution in [0.25, 0.3) is 0 Å². The number of hydrogen-bond acceptors (Lipinski definition) is 0. The van der Waals surface area contributed by atoms with Crippen LogP contribution in [0.5, 0.6) is 0 Å². The summed E-state index contributed by atoms with van der Waals surface area (Å²) in [6, 6.07) is 0. The molecule has 0 heterocycles. The highest BCUT2D eigenvalue weighted by molar-refractivity contribution is 5.23. The lowest BCUT2D eigenvalue weighted by Crippen LogP contribution is -2.73. The standard InChI is InChI=1S/C10H16F2.C2H6/c1-7-4-5-9(11)6-10(7,12)8(9,2)3;1-2/h7H,4-6H2,1-3H3;1-2H3. The molecule has 0 nitrogen and oxygen atoms in total. The van der Waals surface area contributed by atoms with Gasteiger partial charge in [0.05, 0.1) is 0 Å². The van der Waals surface area contributed by atoms with Crippen LogP contribution in [-0.4, -0.2) is 11.3 Å². The molecule has 3 rings (SSSR count). The maximum atomic E-state index is 14.1. The van der Waals surface area contributed by atoms with Crippen LogP contribution in [-0.2, 0) is 0 Å². The molecule has 3 atom stereocenters. The molecule has 3 aliphatic carbocycles. The summed E-state index contributed by atoms with van der Waals surface area (Å²) >= 11 is 0. The SMILES string of the molecule is CC.CC1CCC2(F)CC1(F)C2(C)C. The van der Waals surface area contributed by atoms with E-state index in [4.69, 9.17) is 0 Å². The lowest BCUT2D eigenvalue weighted by molar-refractivity contribution is -0.270. The Morgan fingerprint density at radius 3 is 2.00 bits per heavy atom. The van der Waals surface area contributed by atoms with Gasteiger partial charge in [-0.15, -0.1) is 0 Å². The summed E-state index contributed by atoms with van der Waals surface area (Å²) in [6.45, 7) is 9.36. The van der Waals surface area contributed by atoms with E-state index in [1.54, 1.807) is 13.8 Å². The molecule has 0 amide bonds. The summed E-state index contributed by atoms with van der Waals surface area (Å²) in [4.78, 5) is 0. The van der Waals surface area contributed by atoms with Gasteiger partial charge >= 0.3 is 0 Å². The smallest absolute Gasteiger partial charge is 0.124 e. The summed E-state index contributed by atoms with van der Waals surface area (Å²) < 4.78 is 28.0. The van der Waals surface area contributed by atoms with Crippen molar-refractivity contribution in [3.63, 3.8) is 0 Å². The molecule has 0 radical (unpaired) electrons. The predicted molar refractivity (Wildman–Crippen MR) is 55.8 cm³/mol. The van der Waals surface area contributed by atoms with Gasteiger partial charge in [-0.3, -0.25) is 0 Å². The van der Waals surface area contributed by atoms with E-state index in [1.807, 2.05) is 20.8 Å². The number of halogens is 2. The van der Waals surface area contributed by atoms with Gasteiger partial charge < -0.3 is 0 Å². The highest BCUT2D eigenvalue weighted by atomic mass is 19.2. The molecule has 0 N–H and O–H groups in total. The molecule has 0 spiro atoms. The fraction of sp³-hybridized carbons (Fsp3) is 1.00. The second-order valence-corrected chi connectivity index (χ2v) is 5.07. The molecule has 3 unspecified atom stereocenters. The van der Waals surface area contributed by atoms with Gasteiger partial charge in [0.2, 0.25) is 0 Å². The van der Waals surface area contributed by atoms with E-state index in [2.05, 4.69) is 0 Å². The Kier molecular flexibility index (Phi) is 2.71. The summed E-state index contributed by atoms with van der Waals surface area (Å²) in [5.41, 5.74) is -3.20. The molecular formula is C12H22F2. The van der Waals surface area contributed by atoms with Crippen LogP contribution >= 0.6 is 0 Å². The normalized spacial score (nSPS) is 48.6. The molecule has 14 heavy (non-hydrogen) atoms. The van der Waals surface area contributed by atoms with E-state index in [-0.39, 0.29) is 12.3 Å². The van der Waals surface area contributed by atoms with E-state index in [0.717, 1.165) is 0 Å². The Morgan fingerprint density at radius 1 is 1.14 bits per heavy atom. The summed E-state index contributed by atoms with van der Waals surface area (Å²) in [5.74, 6) is 0.0325. The van der Waals surface area contributed by atoms with Crippen molar-refractivity contribution in [2.45, 2.75) is 65.2 Å². The fourth-order valence-electron chi connectivity index (χ4n) is 2.98. The lowest BCUT2D eigenvalue weighted by Gasteiger charge is -2.66. The molecule has 3 saturated carbocycles. The van der Waals surface area contributed by atoms with Crippen LogP contribution in [0.1, 0.15) is 53.9 Å². The zero-order valence-electron chi connectivity index (χ0n) is 9.95. The van der Waals surface area contributed by atoms with Gasteiger partial charge in [-0.2, -0.15) is 0 Å². The number of fused-ring (bicyclic) bond motifs is 2. The minimum atomic E-state index is -1.24. The first-order chi connectivity index (χ1) is 6.33. The van der Waals surface area contributed by atoms with E-state index in [1.165, 1.54) is 0 Å². The van der Waals surface area contributed by atoms with Crippen LogP contribution in [0.4, 0.5) is 8.78 Å². The average molecular weight is 204 g/mol. The van der Waals surface area contributed by atoms with Crippen molar-refractivity contribution in [3.05, 3.63) is 0 Å². The Morgan fingerprint density at radius 2 is 1.64 bits per heavy atom. The van der Waals surface area contributed by atoms with Gasteiger partial charge in [0.1, 0.15) is 11.3 Å². The van der Waals surface area contributed by atoms with Gasteiger partial charge in [-0.05, 0) is 18.8 Å². The predicted octanol–water partition coefficient (Wildman–Crippen LogP) is 4.29. The van der Waals surface area contributed by atoms with Gasteiger partial charge in [0, 0.05) is 11.8 Å². The molecule has 0 aromatic rings. The van der Waals surface area contributed by atoms with Crippen molar-refractivity contribution in [1.29, 1.82) is 0 Å². The van der Waals surface area contributed by atoms with Crippen LogP contribution in [0, 0.1) is 11.3 Å². The first-order valence-corrected chi connectivity index (χ1v) is 5.71. The molecule has 3 aliphatic rings. The Balaban J connectivity index is 0.000000461. The van der Waals surface area contributed by atoms with Crippen LogP contribution in [0.2, 0.25) is 0 Å². The second kappa shape index (κ2) is 3.18. The molecule has 2 bridgehead atoms. The van der Waals surface area contributed by atoms with Crippen LogP contribution in [0.3, 0.4) is 0 Å². The number of rotatable bonds is 0. The minimum Gasteiger partial charge on any atom is -0.243 e. The van der Waals surface area contributed by atoms with E-state index in [0.29, 0.717) is 12.8 Å². The first kappa shape index (κ1) is 11.9. The third-order valence-corrected chi connectivity index (χ3v) is 4.45. The number of hydrogen-bond donors (Lipinski definition) is 0.